The third-order valence-electron chi connectivity index (χ3n) is 2.54. The molecule has 13 heavy (non-hydrogen) atoms. The van der Waals surface area contributed by atoms with Crippen molar-refractivity contribution in [1.82, 2.24) is 10.5 Å². The molecule has 1 aliphatic heterocycles. The Kier molecular flexibility index (Phi) is 2.61. The number of nitrogens with two attached hydrogens (primary N) is 1. The predicted octanol–water partition coefficient (Wildman–Crippen LogP) is 0.600. The number of piperidine rings is 1. The van der Waals surface area contributed by atoms with Crippen molar-refractivity contribution in [3.8, 4) is 0 Å². The lowest BCUT2D eigenvalue weighted by atomic mass is 9.95. The summed E-state index contributed by atoms with van der Waals surface area (Å²) in [7, 11) is 0. The zero-order valence-corrected chi connectivity index (χ0v) is 7.62. The second kappa shape index (κ2) is 3.89. The maximum absolute atomic E-state index is 5.45. The average molecular weight is 181 g/mol. The minimum atomic E-state index is 0.442. The molecule has 2 rings (SSSR count). The van der Waals surface area contributed by atoms with Crippen LogP contribution < -0.4 is 11.1 Å². The van der Waals surface area contributed by atoms with Gasteiger partial charge in [-0.3, -0.25) is 0 Å². The molecule has 1 aromatic rings. The highest BCUT2D eigenvalue weighted by molar-refractivity contribution is 5.11. The van der Waals surface area contributed by atoms with E-state index < -0.39 is 0 Å². The first-order valence-electron chi connectivity index (χ1n) is 4.76. The molecule has 0 bridgehead atoms. The Bertz CT molecular complexity index is 266. The number of aromatic nitrogens is 1. The van der Waals surface area contributed by atoms with Crippen LogP contribution >= 0.6 is 0 Å². The minimum absolute atomic E-state index is 0.442. The van der Waals surface area contributed by atoms with E-state index in [0.717, 1.165) is 37.4 Å². The molecule has 1 aromatic heterocycles. The highest BCUT2D eigenvalue weighted by Crippen LogP contribution is 2.24. The van der Waals surface area contributed by atoms with Crippen molar-refractivity contribution in [2.45, 2.75) is 25.3 Å². The fourth-order valence-corrected chi connectivity index (χ4v) is 1.74. The van der Waals surface area contributed by atoms with Gasteiger partial charge in [-0.25, -0.2) is 0 Å². The van der Waals surface area contributed by atoms with Gasteiger partial charge in [-0.15, -0.1) is 0 Å². The Morgan fingerprint density at radius 1 is 1.54 bits per heavy atom. The van der Waals surface area contributed by atoms with Crippen molar-refractivity contribution in [2.75, 3.05) is 13.1 Å². The first-order chi connectivity index (χ1) is 6.40. The van der Waals surface area contributed by atoms with Crippen LogP contribution in [0.25, 0.3) is 0 Å². The van der Waals surface area contributed by atoms with Gasteiger partial charge in [0.25, 0.3) is 0 Å². The minimum Gasteiger partial charge on any atom is -0.360 e. The average Bonchev–Trinajstić information content (AvgIpc) is 2.67. The summed E-state index contributed by atoms with van der Waals surface area (Å²) < 4.78 is 5.07. The topological polar surface area (TPSA) is 64.1 Å². The van der Waals surface area contributed by atoms with E-state index >= 15 is 0 Å². The van der Waals surface area contributed by atoms with E-state index in [-0.39, 0.29) is 0 Å². The Hall–Kier alpha value is -0.870. The summed E-state index contributed by atoms with van der Waals surface area (Å²) in [5, 5.41) is 7.35. The van der Waals surface area contributed by atoms with Gasteiger partial charge in [0.05, 0.1) is 12.2 Å². The fraction of sp³-hybridized carbons (Fsp3) is 0.667. The first kappa shape index (κ1) is 8.72. The Morgan fingerprint density at radius 2 is 2.31 bits per heavy atom. The van der Waals surface area contributed by atoms with Crippen LogP contribution in [0.1, 0.15) is 30.2 Å². The third kappa shape index (κ3) is 1.89. The summed E-state index contributed by atoms with van der Waals surface area (Å²) in [4.78, 5) is 0. The van der Waals surface area contributed by atoms with E-state index in [4.69, 9.17) is 10.3 Å². The Labute approximate surface area is 77.5 Å². The predicted molar refractivity (Wildman–Crippen MR) is 49.2 cm³/mol. The van der Waals surface area contributed by atoms with Crippen LogP contribution in [0.2, 0.25) is 0 Å². The number of nitrogens with one attached hydrogen (secondary N) is 1. The zero-order valence-electron chi connectivity index (χ0n) is 7.62. The van der Waals surface area contributed by atoms with Gasteiger partial charge in [0.15, 0.2) is 5.76 Å². The molecule has 1 fully saturated rings. The number of rotatable bonds is 2. The molecular formula is C9H15N3O. The smallest absolute Gasteiger partial charge is 0.150 e. The van der Waals surface area contributed by atoms with Crippen LogP contribution in [-0.4, -0.2) is 18.2 Å². The van der Waals surface area contributed by atoms with E-state index in [2.05, 4.69) is 10.5 Å². The third-order valence-corrected chi connectivity index (χ3v) is 2.54. The molecule has 1 aliphatic rings. The Balaban J connectivity index is 2.05. The normalized spacial score (nSPS) is 19.2. The molecule has 0 amide bonds. The first-order valence-corrected chi connectivity index (χ1v) is 4.76. The largest absolute Gasteiger partial charge is 0.360 e. The van der Waals surface area contributed by atoms with Crippen molar-refractivity contribution in [3.63, 3.8) is 0 Å². The van der Waals surface area contributed by atoms with Crippen LogP contribution in [0.4, 0.5) is 0 Å². The van der Waals surface area contributed by atoms with E-state index in [1.807, 2.05) is 6.07 Å². The molecule has 0 unspecified atom stereocenters. The SMILES string of the molecule is NCc1cc(C2CCNCC2)no1. The van der Waals surface area contributed by atoms with Crippen molar-refractivity contribution in [2.24, 2.45) is 5.73 Å². The lowest BCUT2D eigenvalue weighted by Gasteiger charge is -2.19. The Morgan fingerprint density at radius 3 is 2.92 bits per heavy atom. The maximum Gasteiger partial charge on any atom is 0.150 e. The molecule has 0 atom stereocenters. The molecule has 4 nitrogen and oxygen atoms in total. The number of hydrogen-bond donors (Lipinski definition) is 2. The number of hydrogen-bond acceptors (Lipinski definition) is 4. The summed E-state index contributed by atoms with van der Waals surface area (Å²) >= 11 is 0. The van der Waals surface area contributed by atoms with Gasteiger partial charge in [0, 0.05) is 12.0 Å². The van der Waals surface area contributed by atoms with Crippen LogP contribution in [0, 0.1) is 0 Å². The highest BCUT2D eigenvalue weighted by Gasteiger charge is 2.18. The molecule has 0 aliphatic carbocycles. The zero-order chi connectivity index (χ0) is 9.10. The van der Waals surface area contributed by atoms with Crippen molar-refractivity contribution >= 4 is 0 Å². The van der Waals surface area contributed by atoms with Crippen LogP contribution in [0.3, 0.4) is 0 Å². The summed E-state index contributed by atoms with van der Waals surface area (Å²) in [5.74, 6) is 1.35. The molecule has 0 saturated carbocycles. The second-order valence-corrected chi connectivity index (χ2v) is 3.45. The van der Waals surface area contributed by atoms with Crippen LogP contribution in [0.5, 0.6) is 0 Å². The summed E-state index contributed by atoms with van der Waals surface area (Å²) in [5.41, 5.74) is 6.52. The standard InChI is InChI=1S/C9H15N3O/c10-6-8-5-9(12-13-8)7-1-3-11-4-2-7/h5,7,11H,1-4,6,10H2. The molecule has 0 spiro atoms. The monoisotopic (exact) mass is 181 g/mol. The van der Waals surface area contributed by atoms with Gasteiger partial charge in [-0.1, -0.05) is 5.16 Å². The summed E-state index contributed by atoms with van der Waals surface area (Å²) in [6.45, 7) is 2.60. The van der Waals surface area contributed by atoms with E-state index in [9.17, 15) is 0 Å². The second-order valence-electron chi connectivity index (χ2n) is 3.45. The van der Waals surface area contributed by atoms with Gasteiger partial charge >= 0.3 is 0 Å². The van der Waals surface area contributed by atoms with E-state index in [1.165, 1.54) is 0 Å². The highest BCUT2D eigenvalue weighted by atomic mass is 16.5. The van der Waals surface area contributed by atoms with Gasteiger partial charge < -0.3 is 15.6 Å². The summed E-state index contributed by atoms with van der Waals surface area (Å²) in [6.07, 6.45) is 2.30. The van der Waals surface area contributed by atoms with Crippen LogP contribution in [0.15, 0.2) is 10.6 Å². The van der Waals surface area contributed by atoms with E-state index in [0.29, 0.717) is 12.5 Å². The molecule has 2 heterocycles. The van der Waals surface area contributed by atoms with E-state index in [1.54, 1.807) is 0 Å². The lowest BCUT2D eigenvalue weighted by molar-refractivity contribution is 0.363. The van der Waals surface area contributed by atoms with Gasteiger partial charge in [-0.05, 0) is 25.9 Å². The molecule has 0 radical (unpaired) electrons. The van der Waals surface area contributed by atoms with Crippen molar-refractivity contribution in [3.05, 3.63) is 17.5 Å². The fourth-order valence-electron chi connectivity index (χ4n) is 1.74. The molecular weight excluding hydrogens is 166 g/mol. The number of nitrogens with zero attached hydrogens (tertiary/aromatic N) is 1. The summed E-state index contributed by atoms with van der Waals surface area (Å²) in [6, 6.07) is 1.98. The quantitative estimate of drug-likeness (QED) is 0.701. The molecule has 1 saturated heterocycles. The molecule has 72 valence electrons. The molecule has 0 aromatic carbocycles. The van der Waals surface area contributed by atoms with Crippen molar-refractivity contribution < 1.29 is 4.52 Å². The van der Waals surface area contributed by atoms with Gasteiger partial charge in [0.1, 0.15) is 0 Å². The van der Waals surface area contributed by atoms with Gasteiger partial charge in [-0.2, -0.15) is 0 Å². The van der Waals surface area contributed by atoms with Crippen LogP contribution in [-0.2, 0) is 6.54 Å². The molecule has 3 N–H and O–H groups in total. The molecule has 4 heteroatoms. The lowest BCUT2D eigenvalue weighted by Crippen LogP contribution is -2.26. The van der Waals surface area contributed by atoms with Gasteiger partial charge in [0.2, 0.25) is 0 Å². The van der Waals surface area contributed by atoms with Crippen molar-refractivity contribution in [1.29, 1.82) is 0 Å². The maximum atomic E-state index is 5.45.